The number of ether oxygens (including phenoxy) is 2. The molecule has 0 aliphatic rings. The van der Waals surface area contributed by atoms with E-state index in [1.54, 1.807) is 24.3 Å². The fraction of sp³-hybridized carbons (Fsp3) is 0.200. The molecule has 0 saturated heterocycles. The highest BCUT2D eigenvalue weighted by Crippen LogP contribution is 2.32. The van der Waals surface area contributed by atoms with Crippen LogP contribution in [0.15, 0.2) is 81.7 Å². The lowest BCUT2D eigenvalue weighted by molar-refractivity contribution is 0.101. The molecule has 0 aliphatic heterocycles. The molecule has 0 heterocycles. The van der Waals surface area contributed by atoms with E-state index in [4.69, 9.17) is 9.47 Å². The average Bonchev–Trinajstić information content (AvgIpc) is 2.92. The van der Waals surface area contributed by atoms with Crippen LogP contribution in [0.3, 0.4) is 0 Å². The van der Waals surface area contributed by atoms with E-state index in [-0.39, 0.29) is 11.8 Å². The number of carbonyl (C=O) groups is 2. The Balaban J connectivity index is 1.63. The summed E-state index contributed by atoms with van der Waals surface area (Å²) in [6.45, 7) is 5.06. The van der Waals surface area contributed by atoms with E-state index in [2.05, 4.69) is 42.5 Å². The summed E-state index contributed by atoms with van der Waals surface area (Å²) in [5, 5.41) is 7.62. The van der Waals surface area contributed by atoms with Crippen molar-refractivity contribution >= 4 is 65.8 Å². The molecule has 0 unspecified atom stereocenters. The van der Waals surface area contributed by atoms with Gasteiger partial charge in [0.25, 0.3) is 11.8 Å². The number of nitrogens with one attached hydrogen (secondary N) is 2. The first-order chi connectivity index (χ1) is 18.4. The predicted molar refractivity (Wildman–Crippen MR) is 160 cm³/mol. The number of rotatable bonds is 10. The van der Waals surface area contributed by atoms with Crippen molar-refractivity contribution in [2.24, 2.45) is 0 Å². The molecule has 0 fully saturated rings. The Hall–Kier alpha value is -3.36. The van der Waals surface area contributed by atoms with Gasteiger partial charge in [0.15, 0.2) is 0 Å². The van der Waals surface area contributed by atoms with Crippen molar-refractivity contribution in [3.8, 4) is 11.5 Å². The maximum Gasteiger partial charge on any atom is 0.259 e. The summed E-state index contributed by atoms with van der Waals surface area (Å²) in [5.41, 5.74) is 2.12. The molecule has 0 aliphatic carbocycles. The van der Waals surface area contributed by atoms with Crippen LogP contribution in [0.4, 0.5) is 11.4 Å². The molecule has 0 bridgehead atoms. The maximum absolute atomic E-state index is 13.3. The summed E-state index contributed by atoms with van der Waals surface area (Å²) >= 11 is 6.89. The molecule has 4 aromatic rings. The van der Waals surface area contributed by atoms with Crippen molar-refractivity contribution in [2.45, 2.75) is 26.7 Å². The first-order valence-electron chi connectivity index (χ1n) is 12.4. The average molecular weight is 640 g/mol. The van der Waals surface area contributed by atoms with Gasteiger partial charge in [-0.1, -0.05) is 70.0 Å². The lowest BCUT2D eigenvalue weighted by Gasteiger charge is -2.15. The summed E-state index contributed by atoms with van der Waals surface area (Å²) in [6, 6.07) is 21.9. The molecule has 38 heavy (non-hydrogen) atoms. The lowest BCUT2D eigenvalue weighted by atomic mass is 10.1. The number of hydrogen-bond donors (Lipinski definition) is 2. The summed E-state index contributed by atoms with van der Waals surface area (Å²) in [5.74, 6) is 0.476. The quantitative estimate of drug-likeness (QED) is 0.183. The number of carbonyl (C=O) groups excluding carboxylic acids is 2. The largest absolute Gasteiger partial charge is 0.493 e. The Morgan fingerprint density at radius 1 is 0.658 bits per heavy atom. The molecule has 0 aromatic heterocycles. The van der Waals surface area contributed by atoms with Gasteiger partial charge in [0.1, 0.15) is 11.5 Å². The van der Waals surface area contributed by atoms with Crippen LogP contribution in [0, 0.1) is 0 Å². The van der Waals surface area contributed by atoms with Gasteiger partial charge in [0.05, 0.1) is 24.3 Å². The SMILES string of the molecule is CCCOc1ccc(Br)cc1C(=O)Nc1cccc2c(NC(=O)c3cc(Br)ccc3OCCC)cccc12. The Kier molecular flexibility index (Phi) is 9.42. The van der Waals surface area contributed by atoms with Crippen molar-refractivity contribution in [3.63, 3.8) is 0 Å². The zero-order valence-corrected chi connectivity index (χ0v) is 24.3. The van der Waals surface area contributed by atoms with E-state index in [1.165, 1.54) is 0 Å². The van der Waals surface area contributed by atoms with E-state index >= 15 is 0 Å². The standard InChI is InChI=1S/C30H28Br2N2O4/c1-3-15-37-27-13-11-19(31)17-23(27)29(35)33-25-9-5-8-22-21(25)7-6-10-26(22)34-30(36)24-18-20(32)12-14-28(24)38-16-4-2/h5-14,17-18H,3-4,15-16H2,1-2H3,(H,33,35)(H,34,36). The normalized spacial score (nSPS) is 10.7. The molecule has 6 nitrogen and oxygen atoms in total. The molecule has 0 atom stereocenters. The van der Waals surface area contributed by atoms with Crippen LogP contribution in [-0.2, 0) is 0 Å². The smallest absolute Gasteiger partial charge is 0.259 e. The summed E-state index contributed by atoms with van der Waals surface area (Å²) in [6.07, 6.45) is 1.67. The highest BCUT2D eigenvalue weighted by molar-refractivity contribution is 9.10. The second-order valence-electron chi connectivity index (χ2n) is 8.59. The highest BCUT2D eigenvalue weighted by atomic mass is 79.9. The molecule has 0 spiro atoms. The third-order valence-electron chi connectivity index (χ3n) is 5.71. The van der Waals surface area contributed by atoms with Crippen LogP contribution in [0.2, 0.25) is 0 Å². The minimum atomic E-state index is -0.286. The van der Waals surface area contributed by atoms with Crippen molar-refractivity contribution in [1.82, 2.24) is 0 Å². The van der Waals surface area contributed by atoms with Gasteiger partial charge in [0, 0.05) is 31.1 Å². The number of hydrogen-bond acceptors (Lipinski definition) is 4. The summed E-state index contributed by atoms with van der Waals surface area (Å²) in [7, 11) is 0. The van der Waals surface area contributed by atoms with Gasteiger partial charge in [0.2, 0.25) is 0 Å². The van der Waals surface area contributed by atoms with Crippen LogP contribution < -0.4 is 20.1 Å². The molecule has 8 heteroatoms. The van der Waals surface area contributed by atoms with Gasteiger partial charge < -0.3 is 20.1 Å². The Bertz CT molecular complexity index is 1360. The Morgan fingerprint density at radius 3 is 1.47 bits per heavy atom. The highest BCUT2D eigenvalue weighted by Gasteiger charge is 2.18. The van der Waals surface area contributed by atoms with Crippen molar-refractivity contribution in [3.05, 3.63) is 92.9 Å². The van der Waals surface area contributed by atoms with Gasteiger partial charge >= 0.3 is 0 Å². The van der Waals surface area contributed by atoms with Crippen LogP contribution in [0.1, 0.15) is 47.4 Å². The topological polar surface area (TPSA) is 76.7 Å². The van der Waals surface area contributed by atoms with Crippen LogP contribution in [0.25, 0.3) is 10.8 Å². The van der Waals surface area contributed by atoms with Gasteiger partial charge in [-0.2, -0.15) is 0 Å². The first kappa shape index (κ1) is 27.7. The van der Waals surface area contributed by atoms with Gasteiger partial charge in [-0.05, 0) is 61.4 Å². The molecule has 4 rings (SSSR count). The van der Waals surface area contributed by atoms with Crippen molar-refractivity contribution in [1.29, 1.82) is 0 Å². The maximum atomic E-state index is 13.3. The first-order valence-corrected chi connectivity index (χ1v) is 14.0. The van der Waals surface area contributed by atoms with Crippen molar-refractivity contribution in [2.75, 3.05) is 23.8 Å². The minimum absolute atomic E-state index is 0.286. The number of halogens is 2. The summed E-state index contributed by atoms with van der Waals surface area (Å²) in [4.78, 5) is 26.6. The van der Waals surface area contributed by atoms with Gasteiger partial charge in [-0.3, -0.25) is 9.59 Å². The summed E-state index contributed by atoms with van der Waals surface area (Å²) < 4.78 is 13.1. The lowest BCUT2D eigenvalue weighted by Crippen LogP contribution is -2.15. The molecule has 196 valence electrons. The van der Waals surface area contributed by atoms with Gasteiger partial charge in [-0.25, -0.2) is 0 Å². The molecular formula is C30H28Br2N2O4. The van der Waals surface area contributed by atoms with Crippen LogP contribution in [-0.4, -0.2) is 25.0 Å². The minimum Gasteiger partial charge on any atom is -0.493 e. The molecule has 4 aromatic carbocycles. The zero-order chi connectivity index (χ0) is 27.1. The van der Waals surface area contributed by atoms with E-state index in [0.29, 0.717) is 47.2 Å². The number of amides is 2. The molecule has 2 N–H and O–H groups in total. The molecule has 0 saturated carbocycles. The number of benzene rings is 4. The third-order valence-corrected chi connectivity index (χ3v) is 6.70. The molecular weight excluding hydrogens is 612 g/mol. The monoisotopic (exact) mass is 638 g/mol. The van der Waals surface area contributed by atoms with Crippen molar-refractivity contribution < 1.29 is 19.1 Å². The van der Waals surface area contributed by atoms with Gasteiger partial charge in [-0.15, -0.1) is 0 Å². The van der Waals surface area contributed by atoms with Crippen LogP contribution in [0.5, 0.6) is 11.5 Å². The fourth-order valence-electron chi connectivity index (χ4n) is 3.94. The second kappa shape index (κ2) is 12.9. The third kappa shape index (κ3) is 6.55. The van der Waals surface area contributed by atoms with Crippen LogP contribution >= 0.6 is 31.9 Å². The predicted octanol–water partition coefficient (Wildman–Crippen LogP) is 8.45. The van der Waals surface area contributed by atoms with E-state index in [1.807, 2.05) is 62.4 Å². The fourth-order valence-corrected chi connectivity index (χ4v) is 4.66. The Labute approximate surface area is 239 Å². The molecule has 0 radical (unpaired) electrons. The van der Waals surface area contributed by atoms with E-state index in [9.17, 15) is 9.59 Å². The van der Waals surface area contributed by atoms with E-state index in [0.717, 1.165) is 32.6 Å². The number of fused-ring (bicyclic) bond motifs is 1. The van der Waals surface area contributed by atoms with E-state index < -0.39 is 0 Å². The second-order valence-corrected chi connectivity index (χ2v) is 10.4. The Morgan fingerprint density at radius 2 is 1.08 bits per heavy atom. The zero-order valence-electron chi connectivity index (χ0n) is 21.1. The molecule has 2 amide bonds. The number of anilines is 2.